The third-order valence-electron chi connectivity index (χ3n) is 3.77. The minimum atomic E-state index is -4.60. The van der Waals surface area contributed by atoms with Crippen LogP contribution in [0.25, 0.3) is 0 Å². The molecule has 0 aliphatic carbocycles. The third-order valence-corrected chi connectivity index (χ3v) is 4.02. The molecule has 28 heavy (non-hydrogen) atoms. The second kappa shape index (κ2) is 10.0. The molecule has 150 valence electrons. The second-order valence-electron chi connectivity index (χ2n) is 5.97. The van der Waals surface area contributed by atoms with Crippen molar-refractivity contribution in [1.82, 2.24) is 5.43 Å². The van der Waals surface area contributed by atoms with E-state index in [0.717, 1.165) is 29.9 Å². The molecular weight excluding hydrogens is 391 g/mol. The van der Waals surface area contributed by atoms with Gasteiger partial charge in [0.05, 0.1) is 12.1 Å². The second-order valence-corrected chi connectivity index (χ2v) is 6.41. The Morgan fingerprint density at radius 1 is 1.18 bits per heavy atom. The highest BCUT2D eigenvalue weighted by molar-refractivity contribution is 6.30. The van der Waals surface area contributed by atoms with E-state index >= 15 is 0 Å². The molecular formula is C20H21ClF3N3O. The van der Waals surface area contributed by atoms with Crippen LogP contribution in [-0.4, -0.2) is 17.9 Å². The number of phenols is 1. The summed E-state index contributed by atoms with van der Waals surface area (Å²) in [5.74, 6) is -0.784. The Bertz CT molecular complexity index is 834. The van der Waals surface area contributed by atoms with Crippen LogP contribution < -0.4 is 10.7 Å². The lowest BCUT2D eigenvalue weighted by atomic mass is 10.1. The molecule has 0 amide bonds. The van der Waals surface area contributed by atoms with Crippen LogP contribution >= 0.6 is 11.6 Å². The Labute approximate surface area is 166 Å². The van der Waals surface area contributed by atoms with Gasteiger partial charge in [0.1, 0.15) is 5.75 Å². The summed E-state index contributed by atoms with van der Waals surface area (Å²) in [5, 5.41) is 17.3. The normalized spacial score (nSPS) is 12.4. The summed E-state index contributed by atoms with van der Waals surface area (Å²) < 4.78 is 38.5. The van der Waals surface area contributed by atoms with E-state index in [9.17, 15) is 18.3 Å². The average Bonchev–Trinajstić information content (AvgIpc) is 2.64. The van der Waals surface area contributed by atoms with Crippen molar-refractivity contribution < 1.29 is 18.3 Å². The fourth-order valence-corrected chi connectivity index (χ4v) is 2.51. The number of benzene rings is 2. The highest BCUT2D eigenvalue weighted by Crippen LogP contribution is 2.36. The van der Waals surface area contributed by atoms with E-state index in [1.165, 1.54) is 12.3 Å². The van der Waals surface area contributed by atoms with Gasteiger partial charge in [0, 0.05) is 29.0 Å². The van der Waals surface area contributed by atoms with Gasteiger partial charge in [-0.2, -0.15) is 18.3 Å². The van der Waals surface area contributed by atoms with Crippen LogP contribution in [0.15, 0.2) is 59.3 Å². The van der Waals surface area contributed by atoms with Crippen molar-refractivity contribution >= 4 is 23.5 Å². The quantitative estimate of drug-likeness (QED) is 0.392. The summed E-state index contributed by atoms with van der Waals surface area (Å²) in [7, 11) is 0. The maximum absolute atomic E-state index is 12.8. The van der Waals surface area contributed by atoms with Gasteiger partial charge in [-0.3, -0.25) is 5.43 Å². The Balaban J connectivity index is 1.92. The highest BCUT2D eigenvalue weighted by Gasteiger charge is 2.33. The molecule has 3 N–H and O–H groups in total. The molecule has 0 bridgehead atoms. The summed E-state index contributed by atoms with van der Waals surface area (Å²) in [5.41, 5.74) is 3.98. The van der Waals surface area contributed by atoms with Crippen LogP contribution in [0.4, 0.5) is 18.9 Å². The molecule has 0 heterocycles. The van der Waals surface area contributed by atoms with E-state index in [0.29, 0.717) is 17.1 Å². The molecule has 0 radical (unpaired) electrons. The molecule has 0 fully saturated rings. The summed E-state index contributed by atoms with van der Waals surface area (Å²) >= 11 is 5.86. The maximum Gasteiger partial charge on any atom is 0.419 e. The van der Waals surface area contributed by atoms with Crippen molar-refractivity contribution in [2.24, 2.45) is 5.10 Å². The van der Waals surface area contributed by atoms with E-state index in [1.54, 1.807) is 12.1 Å². The molecule has 0 unspecified atom stereocenters. The topological polar surface area (TPSA) is 56.7 Å². The zero-order valence-electron chi connectivity index (χ0n) is 15.2. The first-order chi connectivity index (χ1) is 13.3. The van der Waals surface area contributed by atoms with Crippen LogP contribution in [0.3, 0.4) is 0 Å². The van der Waals surface area contributed by atoms with Crippen LogP contribution in [-0.2, 0) is 12.6 Å². The molecule has 0 saturated heterocycles. The van der Waals surface area contributed by atoms with E-state index < -0.39 is 17.5 Å². The Kier molecular flexibility index (Phi) is 7.75. The lowest BCUT2D eigenvalue weighted by molar-refractivity contribution is -0.138. The van der Waals surface area contributed by atoms with Crippen LogP contribution in [0, 0.1) is 0 Å². The summed E-state index contributed by atoms with van der Waals surface area (Å²) in [6.45, 7) is 2.49. The van der Waals surface area contributed by atoms with Gasteiger partial charge in [-0.05, 0) is 48.4 Å². The zero-order valence-corrected chi connectivity index (χ0v) is 16.0. The fraction of sp³-hybridized carbons (Fsp3) is 0.250. The summed E-state index contributed by atoms with van der Waals surface area (Å²) in [6, 6.07) is 10.7. The minimum Gasteiger partial charge on any atom is -0.507 e. The van der Waals surface area contributed by atoms with Crippen molar-refractivity contribution in [3.05, 3.63) is 70.4 Å². The van der Waals surface area contributed by atoms with Crippen LogP contribution in [0.2, 0.25) is 5.02 Å². The first kappa shape index (κ1) is 21.6. The number of allylic oxidation sites excluding steroid dienone is 1. The van der Waals surface area contributed by atoms with Gasteiger partial charge in [-0.15, -0.1) is 0 Å². The van der Waals surface area contributed by atoms with Crippen molar-refractivity contribution in [1.29, 1.82) is 0 Å². The number of aromatic hydroxyl groups is 1. The van der Waals surface area contributed by atoms with Gasteiger partial charge in [-0.25, -0.2) is 0 Å². The monoisotopic (exact) mass is 411 g/mol. The van der Waals surface area contributed by atoms with Crippen LogP contribution in [0.1, 0.15) is 24.5 Å². The molecule has 0 atom stereocenters. The first-order valence-corrected chi connectivity index (χ1v) is 9.02. The number of alkyl halides is 3. The van der Waals surface area contributed by atoms with Crippen molar-refractivity contribution in [2.45, 2.75) is 25.9 Å². The molecule has 2 aromatic carbocycles. The molecule has 0 spiro atoms. The van der Waals surface area contributed by atoms with Gasteiger partial charge in [0.15, 0.2) is 0 Å². The smallest absolute Gasteiger partial charge is 0.419 e. The SMILES string of the molecule is CC/C=C(\CNc1ccc(Cl)cc1)N/N=C/Cc1ccc(O)c(C(F)(F)F)c1. The zero-order chi connectivity index (χ0) is 20.6. The van der Waals surface area contributed by atoms with Crippen LogP contribution in [0.5, 0.6) is 5.75 Å². The number of hydrogen-bond acceptors (Lipinski definition) is 4. The minimum absolute atomic E-state index is 0.195. The predicted octanol–water partition coefficient (Wildman–Crippen LogP) is 5.59. The molecule has 0 aliphatic rings. The number of phenolic OH excluding ortho intramolecular Hbond substituents is 1. The summed E-state index contributed by atoms with van der Waals surface area (Å²) in [6.07, 6.45) is -0.159. The van der Waals surface area contributed by atoms with E-state index in [1.807, 2.05) is 25.1 Å². The lowest BCUT2D eigenvalue weighted by Crippen LogP contribution is -2.15. The van der Waals surface area contributed by atoms with Crippen molar-refractivity contribution in [3.63, 3.8) is 0 Å². The van der Waals surface area contributed by atoms with Crippen molar-refractivity contribution in [2.75, 3.05) is 11.9 Å². The molecule has 0 saturated carbocycles. The number of hydrazone groups is 1. The largest absolute Gasteiger partial charge is 0.507 e. The Hall–Kier alpha value is -2.67. The average molecular weight is 412 g/mol. The molecule has 0 aromatic heterocycles. The number of nitrogens with one attached hydrogen (secondary N) is 2. The van der Waals surface area contributed by atoms with Gasteiger partial charge in [0.2, 0.25) is 0 Å². The number of hydrogen-bond donors (Lipinski definition) is 3. The number of rotatable bonds is 8. The van der Waals surface area contributed by atoms with Crippen molar-refractivity contribution in [3.8, 4) is 5.75 Å². The molecule has 2 aromatic rings. The third kappa shape index (κ3) is 6.81. The maximum atomic E-state index is 12.8. The number of nitrogens with zero attached hydrogens (tertiary/aromatic N) is 1. The van der Waals surface area contributed by atoms with Gasteiger partial charge in [0.25, 0.3) is 0 Å². The fourth-order valence-electron chi connectivity index (χ4n) is 2.39. The van der Waals surface area contributed by atoms with E-state index in [2.05, 4.69) is 15.8 Å². The Morgan fingerprint density at radius 2 is 1.89 bits per heavy atom. The van der Waals surface area contributed by atoms with Gasteiger partial charge >= 0.3 is 6.18 Å². The van der Waals surface area contributed by atoms with E-state index in [4.69, 9.17) is 11.6 Å². The number of anilines is 1. The molecule has 2 rings (SSSR count). The predicted molar refractivity (Wildman–Crippen MR) is 107 cm³/mol. The molecule has 8 heteroatoms. The number of halogens is 4. The lowest BCUT2D eigenvalue weighted by Gasteiger charge is -2.11. The molecule has 0 aliphatic heterocycles. The standard InChI is InChI=1S/C20H21ClF3N3O/c1-2-3-17(13-25-16-7-5-15(21)6-8-16)27-26-11-10-14-4-9-19(28)18(12-14)20(22,23)24/h3-9,11-12,25,27-28H,2,10,13H2,1H3/b17-3+,26-11+. The highest BCUT2D eigenvalue weighted by atomic mass is 35.5. The molecule has 4 nitrogen and oxygen atoms in total. The first-order valence-electron chi connectivity index (χ1n) is 8.64. The van der Waals surface area contributed by atoms with E-state index in [-0.39, 0.29) is 6.42 Å². The van der Waals surface area contributed by atoms with Gasteiger partial charge < -0.3 is 10.4 Å². The van der Waals surface area contributed by atoms with Gasteiger partial charge in [-0.1, -0.05) is 30.7 Å². The Morgan fingerprint density at radius 3 is 2.54 bits per heavy atom. The summed E-state index contributed by atoms with van der Waals surface area (Å²) in [4.78, 5) is 0.